The van der Waals surface area contributed by atoms with Crippen molar-refractivity contribution in [2.75, 3.05) is 19.0 Å². The number of ether oxygens (including phenoxy) is 1. The average Bonchev–Trinajstić information content (AvgIpc) is 2.84. The Kier molecular flexibility index (Phi) is 4.09. The smallest absolute Gasteiger partial charge is 0.323 e. The number of hydrogen-bond acceptors (Lipinski definition) is 3. The molecule has 23 heavy (non-hydrogen) atoms. The van der Waals surface area contributed by atoms with Crippen molar-refractivity contribution in [2.24, 2.45) is 5.41 Å². The fourth-order valence-corrected chi connectivity index (χ4v) is 3.14. The lowest BCUT2D eigenvalue weighted by Gasteiger charge is -2.39. The Morgan fingerprint density at radius 2 is 2.13 bits per heavy atom. The fraction of sp³-hybridized carbons (Fsp3) is 0.412. The van der Waals surface area contributed by atoms with Crippen molar-refractivity contribution in [3.63, 3.8) is 0 Å². The first-order chi connectivity index (χ1) is 11.0. The van der Waals surface area contributed by atoms with Gasteiger partial charge in [-0.2, -0.15) is 0 Å². The number of aromatic nitrogens is 1. The topological polar surface area (TPSA) is 80.6 Å². The summed E-state index contributed by atoms with van der Waals surface area (Å²) in [5.41, 5.74) is 1.15. The summed E-state index contributed by atoms with van der Waals surface area (Å²) >= 11 is 0. The van der Waals surface area contributed by atoms with Crippen LogP contribution in [-0.2, 0) is 20.9 Å². The van der Waals surface area contributed by atoms with E-state index in [2.05, 4.69) is 5.32 Å². The maximum Gasteiger partial charge on any atom is 0.323 e. The standard InChI is InChI=1S/C17H20N2O4/c1-23-11-17(6-2-7-17)16(22)18-13-3-4-14-12(9-13)5-8-19(14)10-15(20)21/h3-5,8-9H,2,6-7,10-11H2,1H3,(H,18,22)(H,20,21). The van der Waals surface area contributed by atoms with Crippen molar-refractivity contribution in [1.29, 1.82) is 0 Å². The Bertz CT molecular complexity index is 746. The van der Waals surface area contributed by atoms with Gasteiger partial charge in [-0.15, -0.1) is 0 Å². The minimum absolute atomic E-state index is 0.00470. The number of aliphatic carboxylic acids is 1. The number of rotatable bonds is 6. The quantitative estimate of drug-likeness (QED) is 0.858. The van der Waals surface area contributed by atoms with E-state index in [0.29, 0.717) is 6.61 Å². The van der Waals surface area contributed by atoms with E-state index >= 15 is 0 Å². The predicted octanol–water partition coefficient (Wildman–Crippen LogP) is 2.48. The zero-order valence-electron chi connectivity index (χ0n) is 13.0. The van der Waals surface area contributed by atoms with Crippen molar-refractivity contribution in [3.8, 4) is 0 Å². The van der Waals surface area contributed by atoms with E-state index in [4.69, 9.17) is 9.84 Å². The summed E-state index contributed by atoms with van der Waals surface area (Å²) in [5.74, 6) is -0.888. The maximum atomic E-state index is 12.5. The van der Waals surface area contributed by atoms with Crippen LogP contribution in [0.1, 0.15) is 19.3 Å². The van der Waals surface area contributed by atoms with E-state index in [1.165, 1.54) is 0 Å². The predicted molar refractivity (Wildman–Crippen MR) is 86.4 cm³/mol. The van der Waals surface area contributed by atoms with Crippen LogP contribution in [0, 0.1) is 5.41 Å². The molecule has 0 radical (unpaired) electrons. The molecule has 6 heteroatoms. The van der Waals surface area contributed by atoms with Gasteiger partial charge in [-0.1, -0.05) is 6.42 Å². The minimum atomic E-state index is -0.883. The van der Waals surface area contributed by atoms with E-state index in [0.717, 1.165) is 35.9 Å². The third kappa shape index (κ3) is 2.94. The van der Waals surface area contributed by atoms with Crippen LogP contribution in [0.4, 0.5) is 5.69 Å². The van der Waals surface area contributed by atoms with Gasteiger partial charge in [0.25, 0.3) is 0 Å². The molecule has 1 fully saturated rings. The molecule has 1 heterocycles. The van der Waals surface area contributed by atoms with Crippen molar-refractivity contribution in [3.05, 3.63) is 30.5 Å². The van der Waals surface area contributed by atoms with E-state index in [9.17, 15) is 9.59 Å². The van der Waals surface area contributed by atoms with Gasteiger partial charge in [-0.05, 0) is 37.1 Å². The molecule has 1 aromatic carbocycles. The number of amides is 1. The molecule has 1 aliphatic carbocycles. The molecule has 3 rings (SSSR count). The first kappa shape index (κ1) is 15.6. The summed E-state index contributed by atoms with van der Waals surface area (Å²) in [7, 11) is 1.62. The minimum Gasteiger partial charge on any atom is -0.480 e. The number of methoxy groups -OCH3 is 1. The Hall–Kier alpha value is -2.34. The molecule has 122 valence electrons. The van der Waals surface area contributed by atoms with Crippen molar-refractivity contribution in [1.82, 2.24) is 4.57 Å². The van der Waals surface area contributed by atoms with Crippen molar-refractivity contribution >= 4 is 28.5 Å². The number of carboxylic acid groups (broad SMARTS) is 1. The second kappa shape index (κ2) is 6.04. The molecule has 0 atom stereocenters. The zero-order valence-corrected chi connectivity index (χ0v) is 13.0. The SMILES string of the molecule is COCC1(C(=O)Nc2ccc3c(ccn3CC(=O)O)c2)CCC1. The average molecular weight is 316 g/mol. The molecule has 0 bridgehead atoms. The first-order valence-electron chi connectivity index (χ1n) is 7.65. The fourth-order valence-electron chi connectivity index (χ4n) is 3.14. The Balaban J connectivity index is 1.78. The highest BCUT2D eigenvalue weighted by Crippen LogP contribution is 2.42. The van der Waals surface area contributed by atoms with Crippen LogP contribution >= 0.6 is 0 Å². The third-order valence-corrected chi connectivity index (χ3v) is 4.55. The van der Waals surface area contributed by atoms with Crippen LogP contribution in [0.3, 0.4) is 0 Å². The zero-order chi connectivity index (χ0) is 16.4. The number of carboxylic acids is 1. The molecule has 0 spiro atoms. The number of benzene rings is 1. The summed E-state index contributed by atoms with van der Waals surface area (Å²) < 4.78 is 6.87. The van der Waals surface area contributed by atoms with Crippen LogP contribution in [0.5, 0.6) is 0 Å². The van der Waals surface area contributed by atoms with Gasteiger partial charge < -0.3 is 19.7 Å². The number of hydrogen-bond donors (Lipinski definition) is 2. The monoisotopic (exact) mass is 316 g/mol. The van der Waals surface area contributed by atoms with Crippen LogP contribution in [0.15, 0.2) is 30.5 Å². The van der Waals surface area contributed by atoms with Gasteiger partial charge in [0.05, 0.1) is 12.0 Å². The van der Waals surface area contributed by atoms with Crippen LogP contribution in [-0.4, -0.2) is 35.3 Å². The highest BCUT2D eigenvalue weighted by atomic mass is 16.5. The number of carbonyl (C=O) groups is 2. The van der Waals surface area contributed by atoms with Crippen LogP contribution < -0.4 is 5.32 Å². The molecule has 1 aliphatic rings. The largest absolute Gasteiger partial charge is 0.480 e. The van der Waals surface area contributed by atoms with Crippen LogP contribution in [0.25, 0.3) is 10.9 Å². The van der Waals surface area contributed by atoms with Gasteiger partial charge in [0, 0.05) is 29.9 Å². The molecular weight excluding hydrogens is 296 g/mol. The molecule has 0 unspecified atom stereocenters. The highest BCUT2D eigenvalue weighted by molar-refractivity contribution is 5.98. The summed E-state index contributed by atoms with van der Waals surface area (Å²) in [6.45, 7) is 0.363. The lowest BCUT2D eigenvalue weighted by molar-refractivity contribution is -0.137. The lowest BCUT2D eigenvalue weighted by atomic mass is 9.68. The van der Waals surface area contributed by atoms with Gasteiger partial charge in [0.2, 0.25) is 5.91 Å². The summed E-state index contributed by atoms with van der Waals surface area (Å²) in [4.78, 5) is 23.4. The molecule has 0 saturated heterocycles. The van der Waals surface area contributed by atoms with Gasteiger partial charge in [-0.25, -0.2) is 0 Å². The van der Waals surface area contributed by atoms with Crippen molar-refractivity contribution in [2.45, 2.75) is 25.8 Å². The third-order valence-electron chi connectivity index (χ3n) is 4.55. The maximum absolute atomic E-state index is 12.5. The molecule has 1 saturated carbocycles. The summed E-state index contributed by atoms with van der Waals surface area (Å²) in [6, 6.07) is 7.35. The number of carbonyl (C=O) groups excluding carboxylic acids is 1. The second-order valence-corrected chi connectivity index (χ2v) is 6.13. The number of fused-ring (bicyclic) bond motifs is 1. The molecule has 2 aromatic rings. The molecule has 1 amide bonds. The van der Waals surface area contributed by atoms with Gasteiger partial charge >= 0.3 is 5.97 Å². The molecule has 1 aromatic heterocycles. The Morgan fingerprint density at radius 1 is 1.35 bits per heavy atom. The lowest BCUT2D eigenvalue weighted by Crippen LogP contribution is -2.45. The van der Waals surface area contributed by atoms with Crippen LogP contribution in [0.2, 0.25) is 0 Å². The molecule has 2 N–H and O–H groups in total. The number of anilines is 1. The van der Waals surface area contributed by atoms with Gasteiger partial charge in [0.15, 0.2) is 0 Å². The Labute approximate surface area is 134 Å². The molecule has 0 aliphatic heterocycles. The molecular formula is C17H20N2O4. The number of nitrogens with zero attached hydrogens (tertiary/aromatic N) is 1. The number of nitrogens with one attached hydrogen (secondary N) is 1. The van der Waals surface area contributed by atoms with Crippen molar-refractivity contribution < 1.29 is 19.4 Å². The normalized spacial score (nSPS) is 16.0. The van der Waals surface area contributed by atoms with E-state index in [-0.39, 0.29) is 12.5 Å². The van der Waals surface area contributed by atoms with E-state index < -0.39 is 11.4 Å². The summed E-state index contributed by atoms with van der Waals surface area (Å²) in [5, 5.41) is 12.8. The van der Waals surface area contributed by atoms with E-state index in [1.54, 1.807) is 23.9 Å². The van der Waals surface area contributed by atoms with E-state index in [1.807, 2.05) is 18.2 Å². The highest BCUT2D eigenvalue weighted by Gasteiger charge is 2.44. The summed E-state index contributed by atoms with van der Waals surface area (Å²) in [6.07, 6.45) is 4.49. The van der Waals surface area contributed by atoms with Gasteiger partial charge in [0.1, 0.15) is 6.54 Å². The second-order valence-electron chi connectivity index (χ2n) is 6.13. The van der Waals surface area contributed by atoms with Gasteiger partial charge in [-0.3, -0.25) is 9.59 Å². The molecule has 6 nitrogen and oxygen atoms in total. The first-order valence-corrected chi connectivity index (χ1v) is 7.65. The Morgan fingerprint density at radius 3 is 2.74 bits per heavy atom.